The summed E-state index contributed by atoms with van der Waals surface area (Å²) in [6, 6.07) is 17.7. The van der Waals surface area contributed by atoms with E-state index in [4.69, 9.17) is 9.72 Å². The third-order valence-corrected chi connectivity index (χ3v) is 9.13. The van der Waals surface area contributed by atoms with Gasteiger partial charge in [0.15, 0.2) is 0 Å². The summed E-state index contributed by atoms with van der Waals surface area (Å²) in [5.74, 6) is -0.326. The summed E-state index contributed by atoms with van der Waals surface area (Å²) >= 11 is 0. The lowest BCUT2D eigenvalue weighted by Gasteiger charge is -2.46. The second-order valence-corrected chi connectivity index (χ2v) is 12.5. The number of rotatable bonds is 8. The Kier molecular flexibility index (Phi) is 9.30. The Morgan fingerprint density at radius 1 is 0.905 bits per heavy atom. The predicted octanol–water partition coefficient (Wildman–Crippen LogP) is 7.34. The van der Waals surface area contributed by atoms with Crippen LogP contribution in [0, 0.1) is 19.3 Å². The summed E-state index contributed by atoms with van der Waals surface area (Å²) in [5, 5.41) is 3.02. The first-order valence-corrected chi connectivity index (χ1v) is 15.6. The molecule has 6 heteroatoms. The number of hydrogen-bond donors (Lipinski definition) is 1. The molecule has 1 saturated heterocycles. The maximum Gasteiger partial charge on any atom is 0.310 e. The molecule has 0 unspecified atom stereocenters. The van der Waals surface area contributed by atoms with Crippen LogP contribution in [-0.4, -0.2) is 36.1 Å². The molecular formula is C36H45N3O3. The maximum atomic E-state index is 13.0. The van der Waals surface area contributed by atoms with E-state index in [1.54, 1.807) is 0 Å². The number of hydrogen-bond acceptors (Lipinski definition) is 5. The van der Waals surface area contributed by atoms with Gasteiger partial charge in [0.05, 0.1) is 18.2 Å². The summed E-state index contributed by atoms with van der Waals surface area (Å²) in [7, 11) is 0. The average Bonchev–Trinajstić information content (AvgIpc) is 2.98. The highest BCUT2D eigenvalue weighted by Gasteiger charge is 2.37. The number of nitrogens with zero attached hydrogens (tertiary/aromatic N) is 2. The summed E-state index contributed by atoms with van der Waals surface area (Å²) in [5.41, 5.74) is 8.07. The van der Waals surface area contributed by atoms with Crippen molar-refractivity contribution in [2.24, 2.45) is 5.41 Å². The van der Waals surface area contributed by atoms with Gasteiger partial charge in [-0.1, -0.05) is 61.7 Å². The Bertz CT molecular complexity index is 1380. The molecule has 3 aromatic rings. The maximum absolute atomic E-state index is 13.0. The lowest BCUT2D eigenvalue weighted by atomic mass is 9.68. The number of carbonyl (C=O) groups is 2. The van der Waals surface area contributed by atoms with Gasteiger partial charge in [-0.05, 0) is 82.1 Å². The lowest BCUT2D eigenvalue weighted by molar-refractivity contribution is -0.146. The van der Waals surface area contributed by atoms with Crippen LogP contribution in [0.5, 0.6) is 0 Å². The molecule has 0 atom stereocenters. The first-order chi connectivity index (χ1) is 20.2. The minimum absolute atomic E-state index is 0.102. The molecule has 1 aliphatic carbocycles. The van der Waals surface area contributed by atoms with Crippen molar-refractivity contribution in [1.82, 2.24) is 10.3 Å². The summed E-state index contributed by atoms with van der Waals surface area (Å²) in [6.45, 7) is 10.3. The molecule has 0 bridgehead atoms. The summed E-state index contributed by atoms with van der Waals surface area (Å²) in [6.07, 6.45) is 9.12. The molecule has 1 N–H and O–H groups in total. The van der Waals surface area contributed by atoms with Crippen LogP contribution in [0.2, 0.25) is 0 Å². The van der Waals surface area contributed by atoms with Crippen molar-refractivity contribution in [2.75, 3.05) is 18.0 Å². The van der Waals surface area contributed by atoms with E-state index in [1.165, 1.54) is 44.9 Å². The molecule has 5 rings (SSSR count). The number of anilines is 1. The number of piperidine rings is 1. The van der Waals surface area contributed by atoms with Crippen molar-refractivity contribution in [3.63, 3.8) is 0 Å². The van der Waals surface area contributed by atoms with Gasteiger partial charge < -0.3 is 15.0 Å². The summed E-state index contributed by atoms with van der Waals surface area (Å²) < 4.78 is 5.58. The van der Waals surface area contributed by atoms with Crippen molar-refractivity contribution in [2.45, 2.75) is 91.7 Å². The molecule has 6 nitrogen and oxygen atoms in total. The van der Waals surface area contributed by atoms with Crippen LogP contribution in [0.25, 0.3) is 11.1 Å². The Labute approximate surface area is 250 Å². The molecule has 2 aliphatic rings. The van der Waals surface area contributed by atoms with Gasteiger partial charge >= 0.3 is 5.97 Å². The van der Waals surface area contributed by atoms with Gasteiger partial charge in [0.1, 0.15) is 0 Å². The van der Waals surface area contributed by atoms with Crippen molar-refractivity contribution in [3.05, 3.63) is 82.7 Å². The number of aryl methyl sites for hydroxylation is 2. The van der Waals surface area contributed by atoms with Gasteiger partial charge in [-0.25, -0.2) is 0 Å². The van der Waals surface area contributed by atoms with Crippen molar-refractivity contribution < 1.29 is 14.3 Å². The largest absolute Gasteiger partial charge is 0.463 e. The van der Waals surface area contributed by atoms with Crippen LogP contribution in [-0.2, 0) is 22.5 Å². The second kappa shape index (κ2) is 13.1. The van der Waals surface area contributed by atoms with Crippen LogP contribution in [0.1, 0.15) is 91.7 Å². The van der Waals surface area contributed by atoms with E-state index in [2.05, 4.69) is 17.1 Å². The molecule has 1 spiro atoms. The minimum atomic E-state index is -0.225. The summed E-state index contributed by atoms with van der Waals surface area (Å²) in [4.78, 5) is 33.3. The van der Waals surface area contributed by atoms with Crippen LogP contribution in [0.4, 0.5) is 5.69 Å². The molecule has 1 aliphatic heterocycles. The van der Waals surface area contributed by atoms with Crippen molar-refractivity contribution in [3.8, 4) is 11.1 Å². The van der Waals surface area contributed by atoms with Crippen molar-refractivity contribution in [1.29, 1.82) is 0 Å². The third kappa shape index (κ3) is 6.86. The van der Waals surface area contributed by atoms with E-state index < -0.39 is 0 Å². The smallest absolute Gasteiger partial charge is 0.310 e. The van der Waals surface area contributed by atoms with Gasteiger partial charge in [0, 0.05) is 47.7 Å². The Morgan fingerprint density at radius 3 is 2.21 bits per heavy atom. The number of carbonyl (C=O) groups excluding carboxylic acids is 2. The fraction of sp³-hybridized carbons (Fsp3) is 0.472. The number of nitrogens with one attached hydrogen (secondary N) is 1. The van der Waals surface area contributed by atoms with E-state index in [0.29, 0.717) is 17.5 Å². The van der Waals surface area contributed by atoms with Crippen molar-refractivity contribution >= 4 is 17.6 Å². The zero-order valence-corrected chi connectivity index (χ0v) is 25.7. The van der Waals surface area contributed by atoms with E-state index >= 15 is 0 Å². The highest BCUT2D eigenvalue weighted by atomic mass is 16.5. The number of ether oxygens (including phenoxy) is 1. The molecule has 1 saturated carbocycles. The monoisotopic (exact) mass is 567 g/mol. The second-order valence-electron chi connectivity index (χ2n) is 12.5. The molecule has 2 heterocycles. The molecule has 1 aromatic heterocycles. The molecule has 222 valence electrons. The highest BCUT2D eigenvalue weighted by Crippen LogP contribution is 2.47. The molecule has 2 aromatic carbocycles. The number of amides is 1. The Hall–Kier alpha value is -3.67. The standard InChI is InChI=1S/C36H45N3O3/c1-25(2)42-32(40)23-31-26(3)38-27(4)33(34(31)39-21-19-36(20-22-39)17-9-6-10-18-36)29-13-15-30(16-14-29)35(41)37-24-28-11-7-5-8-12-28/h5,7-8,11-16,25H,6,9-10,17-24H2,1-4H3,(H,37,41). The Morgan fingerprint density at radius 2 is 1.57 bits per heavy atom. The zero-order chi connectivity index (χ0) is 29.7. The molecular weight excluding hydrogens is 522 g/mol. The normalized spacial score (nSPS) is 16.5. The number of aromatic nitrogens is 1. The average molecular weight is 568 g/mol. The fourth-order valence-electron chi connectivity index (χ4n) is 6.90. The van der Waals surface area contributed by atoms with Gasteiger partial charge in [-0.15, -0.1) is 0 Å². The first-order valence-electron chi connectivity index (χ1n) is 15.6. The quantitative estimate of drug-likeness (QED) is 0.288. The predicted molar refractivity (Wildman–Crippen MR) is 169 cm³/mol. The first kappa shape index (κ1) is 29.8. The number of pyridine rings is 1. The Balaban J connectivity index is 1.46. The molecule has 42 heavy (non-hydrogen) atoms. The topological polar surface area (TPSA) is 71.5 Å². The molecule has 1 amide bonds. The van der Waals surface area contributed by atoms with E-state index in [1.807, 2.05) is 75.4 Å². The van der Waals surface area contributed by atoms with Gasteiger partial charge in [0.2, 0.25) is 0 Å². The fourth-order valence-corrected chi connectivity index (χ4v) is 6.90. The van der Waals surface area contributed by atoms with Gasteiger partial charge in [-0.3, -0.25) is 14.6 Å². The van der Waals surface area contributed by atoms with Crippen LogP contribution in [0.3, 0.4) is 0 Å². The van der Waals surface area contributed by atoms with Crippen LogP contribution < -0.4 is 10.2 Å². The van der Waals surface area contributed by atoms with E-state index in [9.17, 15) is 9.59 Å². The number of esters is 1. The van der Waals surface area contributed by atoms with E-state index in [0.717, 1.165) is 52.4 Å². The van der Waals surface area contributed by atoms with Crippen LogP contribution >= 0.6 is 0 Å². The van der Waals surface area contributed by atoms with Crippen LogP contribution in [0.15, 0.2) is 54.6 Å². The minimum Gasteiger partial charge on any atom is -0.463 e. The third-order valence-electron chi connectivity index (χ3n) is 9.13. The number of benzene rings is 2. The van der Waals surface area contributed by atoms with Gasteiger partial charge in [0.25, 0.3) is 5.91 Å². The highest BCUT2D eigenvalue weighted by molar-refractivity contribution is 5.95. The van der Waals surface area contributed by atoms with E-state index in [-0.39, 0.29) is 24.4 Å². The molecule has 0 radical (unpaired) electrons. The SMILES string of the molecule is Cc1nc(C)c(-c2ccc(C(=O)NCc3ccccc3)cc2)c(N2CCC3(CCCCC3)CC2)c1CC(=O)OC(C)C. The molecule has 2 fully saturated rings. The lowest BCUT2D eigenvalue weighted by Crippen LogP contribution is -2.42. The zero-order valence-electron chi connectivity index (χ0n) is 25.7. The van der Waals surface area contributed by atoms with Gasteiger partial charge in [-0.2, -0.15) is 0 Å².